The Hall–Kier alpha value is -1.35. The lowest BCUT2D eigenvalue weighted by molar-refractivity contribution is -0.191. The molecule has 1 aliphatic heterocycles. The van der Waals surface area contributed by atoms with Gasteiger partial charge in [0.15, 0.2) is 0 Å². The van der Waals surface area contributed by atoms with Gasteiger partial charge in [-0.05, 0) is 57.8 Å². The van der Waals surface area contributed by atoms with Crippen molar-refractivity contribution in [1.82, 2.24) is 4.90 Å². The third-order valence-corrected chi connectivity index (χ3v) is 4.04. The molecule has 0 bridgehead atoms. The molecule has 0 unspecified atom stereocenters. The average molecular weight is 283 g/mol. The fourth-order valence-corrected chi connectivity index (χ4v) is 3.32. The molecule has 1 heterocycles. The molecule has 1 spiro atoms. The Balaban J connectivity index is 0.000000612. The molecule has 2 fully saturated rings. The number of likely N-dealkylation sites (tertiary alicyclic amines) is 1. The van der Waals surface area contributed by atoms with Gasteiger partial charge >= 0.3 is 12.2 Å². The van der Waals surface area contributed by atoms with E-state index >= 15 is 0 Å². The van der Waals surface area contributed by atoms with Crippen molar-refractivity contribution in [2.24, 2.45) is 11.3 Å². The van der Waals surface area contributed by atoms with Crippen LogP contribution in [0.25, 0.3) is 0 Å². The zero-order chi connectivity index (χ0) is 15.4. The maximum Gasteiger partial charge on any atom is 0.410 e. The van der Waals surface area contributed by atoms with Gasteiger partial charge < -0.3 is 9.64 Å². The van der Waals surface area contributed by atoms with E-state index in [0.29, 0.717) is 5.41 Å². The van der Waals surface area contributed by atoms with E-state index in [1.165, 1.54) is 12.8 Å². The second-order valence-electron chi connectivity index (χ2n) is 7.06. The van der Waals surface area contributed by atoms with Gasteiger partial charge in [0.2, 0.25) is 0 Å². The summed E-state index contributed by atoms with van der Waals surface area (Å²) in [4.78, 5) is 30.0. The molecular weight excluding hydrogens is 258 g/mol. The molecule has 20 heavy (non-hydrogen) atoms. The van der Waals surface area contributed by atoms with E-state index in [2.05, 4.69) is 6.92 Å². The van der Waals surface area contributed by atoms with E-state index in [1.54, 1.807) is 0 Å². The highest BCUT2D eigenvalue weighted by atomic mass is 16.6. The molecule has 1 amide bonds. The second kappa shape index (κ2) is 6.40. The molecule has 0 atom stereocenters. The number of rotatable bonds is 0. The van der Waals surface area contributed by atoms with Crippen molar-refractivity contribution in [2.75, 3.05) is 13.1 Å². The van der Waals surface area contributed by atoms with Crippen LogP contribution in [0.4, 0.5) is 4.79 Å². The van der Waals surface area contributed by atoms with Crippen LogP contribution < -0.4 is 0 Å². The number of carbonyl (C=O) groups excluding carboxylic acids is 3. The minimum Gasteiger partial charge on any atom is -0.444 e. The van der Waals surface area contributed by atoms with Crippen molar-refractivity contribution >= 4 is 12.2 Å². The minimum atomic E-state index is -0.378. The molecule has 0 aromatic heterocycles. The number of hydrogen-bond donors (Lipinski definition) is 0. The van der Waals surface area contributed by atoms with Crippen molar-refractivity contribution < 1.29 is 19.1 Å². The molecule has 5 nitrogen and oxygen atoms in total. The van der Waals surface area contributed by atoms with E-state index in [9.17, 15) is 4.79 Å². The van der Waals surface area contributed by atoms with Crippen molar-refractivity contribution in [3.05, 3.63) is 0 Å². The summed E-state index contributed by atoms with van der Waals surface area (Å²) in [5, 5.41) is 0. The molecular formula is C15H25NO4. The molecule has 0 radical (unpaired) electrons. The van der Waals surface area contributed by atoms with Crippen molar-refractivity contribution in [3.8, 4) is 0 Å². The molecule has 0 aromatic rings. The lowest BCUT2D eigenvalue weighted by Gasteiger charge is -2.51. The fourth-order valence-electron chi connectivity index (χ4n) is 3.32. The molecule has 0 aromatic carbocycles. The standard InChI is InChI=1S/C14H25NO2.CO2/c1-11-9-14(10-11)5-7-15(8-6-14)12(16)17-13(2,3)4;2-1-3/h11H,5-10H2,1-4H3;. The summed E-state index contributed by atoms with van der Waals surface area (Å²) in [6.45, 7) is 9.84. The Morgan fingerprint density at radius 1 is 1.20 bits per heavy atom. The van der Waals surface area contributed by atoms with E-state index < -0.39 is 0 Å². The molecule has 5 heteroatoms. The third-order valence-electron chi connectivity index (χ3n) is 4.04. The molecule has 1 aliphatic carbocycles. The summed E-state index contributed by atoms with van der Waals surface area (Å²) >= 11 is 0. The van der Waals surface area contributed by atoms with Crippen LogP contribution in [-0.4, -0.2) is 35.8 Å². The van der Waals surface area contributed by atoms with Gasteiger partial charge in [0.25, 0.3) is 0 Å². The summed E-state index contributed by atoms with van der Waals surface area (Å²) in [6, 6.07) is 0. The lowest BCUT2D eigenvalue weighted by atomic mass is 9.58. The fraction of sp³-hybridized carbons (Fsp3) is 0.867. The van der Waals surface area contributed by atoms with E-state index in [4.69, 9.17) is 14.3 Å². The van der Waals surface area contributed by atoms with Crippen LogP contribution in [0.1, 0.15) is 53.4 Å². The van der Waals surface area contributed by atoms with Crippen molar-refractivity contribution in [3.63, 3.8) is 0 Å². The molecule has 2 aliphatic rings. The predicted molar refractivity (Wildman–Crippen MR) is 72.9 cm³/mol. The first-order valence-electron chi connectivity index (χ1n) is 7.18. The highest BCUT2D eigenvalue weighted by Gasteiger charge is 2.44. The minimum absolute atomic E-state index is 0.139. The Kier molecular flexibility index (Phi) is 5.35. The first-order chi connectivity index (χ1) is 9.21. The van der Waals surface area contributed by atoms with Gasteiger partial charge in [-0.1, -0.05) is 6.92 Å². The van der Waals surface area contributed by atoms with Gasteiger partial charge in [0.1, 0.15) is 5.60 Å². The number of piperidine rings is 1. The van der Waals surface area contributed by atoms with Gasteiger partial charge in [-0.25, -0.2) is 4.79 Å². The Labute approximate surface area is 120 Å². The highest BCUT2D eigenvalue weighted by molar-refractivity contribution is 5.68. The predicted octanol–water partition coefficient (Wildman–Crippen LogP) is 2.85. The summed E-state index contributed by atoms with van der Waals surface area (Å²) in [5.74, 6) is 0.892. The monoisotopic (exact) mass is 283 g/mol. The molecule has 1 saturated heterocycles. The number of carbonyl (C=O) groups is 1. The zero-order valence-corrected chi connectivity index (χ0v) is 12.9. The largest absolute Gasteiger partial charge is 0.444 e. The van der Waals surface area contributed by atoms with E-state index in [-0.39, 0.29) is 17.8 Å². The topological polar surface area (TPSA) is 63.7 Å². The van der Waals surface area contributed by atoms with Gasteiger partial charge in [-0.3, -0.25) is 0 Å². The van der Waals surface area contributed by atoms with Crippen LogP contribution in [0, 0.1) is 11.3 Å². The molecule has 2 rings (SSSR count). The highest BCUT2D eigenvalue weighted by Crippen LogP contribution is 2.52. The Morgan fingerprint density at radius 2 is 1.65 bits per heavy atom. The number of hydrogen-bond acceptors (Lipinski definition) is 4. The van der Waals surface area contributed by atoms with E-state index in [1.807, 2.05) is 25.7 Å². The van der Waals surface area contributed by atoms with Gasteiger partial charge in [0, 0.05) is 13.1 Å². The number of nitrogens with zero attached hydrogens (tertiary/aromatic N) is 1. The quantitative estimate of drug-likeness (QED) is 0.685. The smallest absolute Gasteiger partial charge is 0.410 e. The first-order valence-corrected chi connectivity index (χ1v) is 7.18. The van der Waals surface area contributed by atoms with Gasteiger partial charge in [-0.15, -0.1) is 0 Å². The van der Waals surface area contributed by atoms with Crippen LogP contribution in [0.15, 0.2) is 0 Å². The van der Waals surface area contributed by atoms with Crippen LogP contribution in [-0.2, 0) is 14.3 Å². The van der Waals surface area contributed by atoms with Crippen LogP contribution in [0.2, 0.25) is 0 Å². The SMILES string of the molecule is CC1CC2(CCN(C(=O)OC(C)(C)C)CC2)C1.O=C=O. The molecule has 1 saturated carbocycles. The Bertz CT molecular complexity index is 364. The average Bonchev–Trinajstić information content (AvgIpc) is 2.27. The third kappa shape index (κ3) is 4.64. The summed E-state index contributed by atoms with van der Waals surface area (Å²) in [5.41, 5.74) is 0.190. The number of amides is 1. The molecule has 0 N–H and O–H groups in total. The number of ether oxygens (including phenoxy) is 1. The summed E-state index contributed by atoms with van der Waals surface area (Å²) in [7, 11) is 0. The van der Waals surface area contributed by atoms with E-state index in [0.717, 1.165) is 31.8 Å². The zero-order valence-electron chi connectivity index (χ0n) is 12.9. The maximum absolute atomic E-state index is 11.9. The van der Waals surface area contributed by atoms with Crippen LogP contribution >= 0.6 is 0 Å². The summed E-state index contributed by atoms with van der Waals surface area (Å²) < 4.78 is 5.41. The van der Waals surface area contributed by atoms with Crippen LogP contribution in [0.3, 0.4) is 0 Å². The van der Waals surface area contributed by atoms with Crippen molar-refractivity contribution in [2.45, 2.75) is 59.0 Å². The first kappa shape index (κ1) is 16.7. The Morgan fingerprint density at radius 3 is 2.00 bits per heavy atom. The normalized spacial score (nSPS) is 21.3. The summed E-state index contributed by atoms with van der Waals surface area (Å²) in [6.07, 6.45) is 5.15. The molecule has 114 valence electrons. The van der Waals surface area contributed by atoms with Crippen LogP contribution in [0.5, 0.6) is 0 Å². The maximum atomic E-state index is 11.9. The van der Waals surface area contributed by atoms with Gasteiger partial charge in [0.05, 0.1) is 0 Å². The van der Waals surface area contributed by atoms with Crippen molar-refractivity contribution in [1.29, 1.82) is 0 Å². The van der Waals surface area contributed by atoms with Gasteiger partial charge in [-0.2, -0.15) is 9.59 Å². The second-order valence-corrected chi connectivity index (χ2v) is 7.06. The lowest BCUT2D eigenvalue weighted by Crippen LogP contribution is -2.49.